The first-order valence-corrected chi connectivity index (χ1v) is 11.4. The Morgan fingerprint density at radius 3 is 2.36 bits per heavy atom. The van der Waals surface area contributed by atoms with Crippen molar-refractivity contribution in [3.63, 3.8) is 0 Å². The normalized spacial score (nSPS) is 21.4. The van der Waals surface area contributed by atoms with E-state index in [4.69, 9.17) is 0 Å². The molecule has 0 saturated heterocycles. The molecule has 0 aliphatic heterocycles. The second-order valence-corrected chi connectivity index (χ2v) is 9.78. The molecule has 0 N–H and O–H groups in total. The number of hydrogen-bond acceptors (Lipinski definition) is 0. The van der Waals surface area contributed by atoms with E-state index in [-0.39, 0.29) is 0 Å². The van der Waals surface area contributed by atoms with Crippen LogP contribution in [-0.4, -0.2) is 0 Å². The van der Waals surface area contributed by atoms with Gasteiger partial charge in [-0.15, -0.1) is 0 Å². The Labute approximate surface area is 171 Å². The molecule has 1 aliphatic rings. The molecule has 2 unspecified atom stereocenters. The zero-order valence-corrected chi connectivity index (χ0v) is 18.4. The molecule has 4 rings (SSSR count). The molecule has 0 fully saturated rings. The maximum Gasteiger partial charge on any atom is -0.00435 e. The first-order chi connectivity index (χ1) is 13.5. The summed E-state index contributed by atoms with van der Waals surface area (Å²) in [5.74, 6) is 2.41. The Balaban J connectivity index is 1.68. The summed E-state index contributed by atoms with van der Waals surface area (Å²) in [6.07, 6.45) is 6.57. The molecule has 0 heteroatoms. The Morgan fingerprint density at radius 1 is 0.857 bits per heavy atom. The smallest absolute Gasteiger partial charge is 0.00435 e. The van der Waals surface area contributed by atoms with Crippen molar-refractivity contribution in [3.05, 3.63) is 59.7 Å². The first kappa shape index (κ1) is 19.5. The third kappa shape index (κ3) is 3.15. The minimum atomic E-state index is 0.324. The van der Waals surface area contributed by atoms with Gasteiger partial charge in [-0.2, -0.15) is 0 Å². The second-order valence-electron chi connectivity index (χ2n) is 9.78. The van der Waals surface area contributed by atoms with Crippen molar-refractivity contribution >= 4 is 21.5 Å². The minimum Gasteiger partial charge on any atom is -0.0651 e. The van der Waals surface area contributed by atoms with Gasteiger partial charge < -0.3 is 0 Å². The van der Waals surface area contributed by atoms with Crippen LogP contribution in [0.4, 0.5) is 0 Å². The molecule has 148 valence electrons. The highest BCUT2D eigenvalue weighted by molar-refractivity contribution is 6.08. The van der Waals surface area contributed by atoms with Crippen molar-refractivity contribution in [2.45, 2.75) is 72.1 Å². The van der Waals surface area contributed by atoms with Crippen molar-refractivity contribution < 1.29 is 0 Å². The predicted molar refractivity (Wildman–Crippen MR) is 124 cm³/mol. The van der Waals surface area contributed by atoms with Crippen LogP contribution in [0.2, 0.25) is 0 Å². The molecule has 0 amide bonds. The van der Waals surface area contributed by atoms with Crippen LogP contribution in [0.25, 0.3) is 21.5 Å². The topological polar surface area (TPSA) is 0 Å². The fourth-order valence-corrected chi connectivity index (χ4v) is 5.78. The molecule has 3 aromatic carbocycles. The van der Waals surface area contributed by atoms with Crippen molar-refractivity contribution in [3.8, 4) is 0 Å². The number of fused-ring (bicyclic) bond motifs is 5. The van der Waals surface area contributed by atoms with Crippen LogP contribution in [0.3, 0.4) is 0 Å². The third-order valence-corrected chi connectivity index (χ3v) is 8.07. The highest BCUT2D eigenvalue weighted by atomic mass is 14.4. The molecule has 3 aromatic rings. The summed E-state index contributed by atoms with van der Waals surface area (Å²) in [7, 11) is 0. The van der Waals surface area contributed by atoms with E-state index in [0.717, 1.165) is 17.8 Å². The Bertz CT molecular complexity index is 980. The first-order valence-electron chi connectivity index (χ1n) is 11.4. The van der Waals surface area contributed by atoms with E-state index < -0.39 is 0 Å². The Morgan fingerprint density at radius 2 is 1.61 bits per heavy atom. The van der Waals surface area contributed by atoms with E-state index in [0.29, 0.717) is 5.41 Å². The van der Waals surface area contributed by atoms with Gasteiger partial charge in [-0.05, 0) is 81.5 Å². The lowest BCUT2D eigenvalue weighted by Crippen LogP contribution is -2.28. The van der Waals surface area contributed by atoms with Crippen molar-refractivity contribution in [1.29, 1.82) is 0 Å². The largest absolute Gasteiger partial charge is 0.0651 e. The molecular weight excluding hydrogens is 336 g/mol. The lowest BCUT2D eigenvalue weighted by molar-refractivity contribution is 0.249. The van der Waals surface area contributed by atoms with Gasteiger partial charge >= 0.3 is 0 Å². The Hall–Kier alpha value is -1.82. The standard InChI is InChI=1S/C28H36/c1-6-21(19(2)3)12-11-20(4)28(5)18-17-26-25-14-13-22-9-7-8-10-23(22)24(25)15-16-27(26)28/h7-10,13-16,19-21H,6,11-12,17-18H2,1-5H3/t20?,21?,28-/m1/s1. The van der Waals surface area contributed by atoms with Crippen LogP contribution in [0, 0.1) is 17.8 Å². The quantitative estimate of drug-likeness (QED) is 0.382. The van der Waals surface area contributed by atoms with E-state index in [1.807, 2.05) is 0 Å². The molecule has 0 aromatic heterocycles. The van der Waals surface area contributed by atoms with Gasteiger partial charge in [-0.1, -0.05) is 89.6 Å². The monoisotopic (exact) mass is 372 g/mol. The van der Waals surface area contributed by atoms with Gasteiger partial charge in [-0.25, -0.2) is 0 Å². The number of benzene rings is 3. The van der Waals surface area contributed by atoms with Gasteiger partial charge in [0.25, 0.3) is 0 Å². The molecule has 0 spiro atoms. The fourth-order valence-electron chi connectivity index (χ4n) is 5.78. The second kappa shape index (κ2) is 7.54. The SMILES string of the molecule is CCC(CCC(C)[C@@]1(C)CCc2c1ccc1c2ccc2ccccc21)C(C)C. The van der Waals surface area contributed by atoms with Crippen molar-refractivity contribution in [2.75, 3.05) is 0 Å². The molecule has 1 aliphatic carbocycles. The van der Waals surface area contributed by atoms with Gasteiger partial charge in [0, 0.05) is 0 Å². The van der Waals surface area contributed by atoms with Gasteiger partial charge in [0.2, 0.25) is 0 Å². The van der Waals surface area contributed by atoms with Crippen LogP contribution in [0.5, 0.6) is 0 Å². The summed E-state index contributed by atoms with van der Waals surface area (Å²) < 4.78 is 0. The summed E-state index contributed by atoms with van der Waals surface area (Å²) in [6, 6.07) is 18.4. The van der Waals surface area contributed by atoms with Crippen LogP contribution in [0.1, 0.15) is 71.4 Å². The summed E-state index contributed by atoms with van der Waals surface area (Å²) in [5.41, 5.74) is 3.57. The number of rotatable bonds is 6. The predicted octanol–water partition coefficient (Wildman–Crippen LogP) is 8.30. The maximum atomic E-state index is 2.53. The van der Waals surface area contributed by atoms with Crippen molar-refractivity contribution in [1.82, 2.24) is 0 Å². The maximum absolute atomic E-state index is 2.53. The molecule has 0 bridgehead atoms. The van der Waals surface area contributed by atoms with Crippen LogP contribution < -0.4 is 0 Å². The number of hydrogen-bond donors (Lipinski definition) is 0. The summed E-state index contributed by atoms with van der Waals surface area (Å²) in [5, 5.41) is 5.66. The summed E-state index contributed by atoms with van der Waals surface area (Å²) >= 11 is 0. The van der Waals surface area contributed by atoms with Crippen LogP contribution in [-0.2, 0) is 11.8 Å². The zero-order chi connectivity index (χ0) is 19.9. The van der Waals surface area contributed by atoms with Crippen LogP contribution in [0.15, 0.2) is 48.5 Å². The molecule has 0 nitrogen and oxygen atoms in total. The minimum absolute atomic E-state index is 0.324. The molecule has 28 heavy (non-hydrogen) atoms. The fraction of sp³-hybridized carbons (Fsp3) is 0.500. The van der Waals surface area contributed by atoms with E-state index in [1.54, 1.807) is 11.1 Å². The van der Waals surface area contributed by atoms with E-state index >= 15 is 0 Å². The molecular formula is C28H36. The van der Waals surface area contributed by atoms with E-state index in [2.05, 4.69) is 83.1 Å². The van der Waals surface area contributed by atoms with Crippen LogP contribution >= 0.6 is 0 Å². The average Bonchev–Trinajstić information content (AvgIpc) is 3.06. The lowest BCUT2D eigenvalue weighted by Gasteiger charge is -2.34. The van der Waals surface area contributed by atoms with Gasteiger partial charge in [0.05, 0.1) is 0 Å². The average molecular weight is 373 g/mol. The van der Waals surface area contributed by atoms with E-state index in [1.165, 1.54) is 53.6 Å². The molecule has 3 atom stereocenters. The van der Waals surface area contributed by atoms with Crippen molar-refractivity contribution in [2.24, 2.45) is 17.8 Å². The molecule has 0 saturated carbocycles. The highest BCUT2D eigenvalue weighted by Gasteiger charge is 2.39. The van der Waals surface area contributed by atoms with E-state index in [9.17, 15) is 0 Å². The summed E-state index contributed by atoms with van der Waals surface area (Å²) in [6.45, 7) is 12.2. The number of aryl methyl sites for hydroxylation is 1. The zero-order valence-electron chi connectivity index (χ0n) is 18.4. The lowest BCUT2D eigenvalue weighted by atomic mass is 9.70. The third-order valence-electron chi connectivity index (χ3n) is 8.07. The molecule has 0 heterocycles. The van der Waals surface area contributed by atoms with Gasteiger partial charge in [0.1, 0.15) is 0 Å². The van der Waals surface area contributed by atoms with Gasteiger partial charge in [0.15, 0.2) is 0 Å². The Kier molecular flexibility index (Phi) is 5.25. The van der Waals surface area contributed by atoms with Gasteiger partial charge in [-0.3, -0.25) is 0 Å². The summed E-state index contributed by atoms with van der Waals surface area (Å²) in [4.78, 5) is 0. The molecule has 0 radical (unpaired) electrons. The highest BCUT2D eigenvalue weighted by Crippen LogP contribution is 2.48.